The van der Waals surface area contributed by atoms with Crippen molar-refractivity contribution in [2.75, 3.05) is 12.8 Å². The van der Waals surface area contributed by atoms with Crippen LogP contribution in [0.1, 0.15) is 25.3 Å². The van der Waals surface area contributed by atoms with Gasteiger partial charge in [-0.3, -0.25) is 0 Å². The number of nitrogens with zero attached hydrogens (tertiary/aromatic N) is 4. The molecule has 154 valence electrons. The summed E-state index contributed by atoms with van der Waals surface area (Å²) in [5, 5.41) is 6.35. The van der Waals surface area contributed by atoms with E-state index >= 15 is 0 Å². The number of aromatic nitrogens is 4. The minimum atomic E-state index is 0.0587. The van der Waals surface area contributed by atoms with Crippen molar-refractivity contribution in [3.63, 3.8) is 0 Å². The summed E-state index contributed by atoms with van der Waals surface area (Å²) in [6.07, 6.45) is 12.2. The number of anilines is 1. The van der Waals surface area contributed by atoms with Gasteiger partial charge in [0.05, 0.1) is 28.6 Å². The molecule has 0 bridgehead atoms. The average molecular weight is 442 g/mol. The van der Waals surface area contributed by atoms with Crippen LogP contribution in [-0.4, -0.2) is 26.9 Å². The normalized spacial score (nSPS) is 19.2. The number of rotatable bonds is 3. The van der Waals surface area contributed by atoms with Crippen molar-refractivity contribution in [1.29, 1.82) is 0 Å². The second-order valence-corrected chi connectivity index (χ2v) is 7.86. The second kappa shape index (κ2) is 8.50. The third-order valence-corrected chi connectivity index (χ3v) is 5.79. The van der Waals surface area contributed by atoms with Gasteiger partial charge in [0.15, 0.2) is 11.4 Å². The summed E-state index contributed by atoms with van der Waals surface area (Å²) in [5.41, 5.74) is 9.18. The fraction of sp³-hybridized carbons (Fsp3) is 0.227. The molecule has 0 saturated carbocycles. The molecule has 3 aromatic rings. The van der Waals surface area contributed by atoms with Gasteiger partial charge >= 0.3 is 0 Å². The highest BCUT2D eigenvalue weighted by atomic mass is 35.5. The van der Waals surface area contributed by atoms with Crippen LogP contribution in [0.25, 0.3) is 22.3 Å². The van der Waals surface area contributed by atoms with E-state index < -0.39 is 0 Å². The van der Waals surface area contributed by atoms with Gasteiger partial charge in [-0.15, -0.1) is 0 Å². The first kappa shape index (κ1) is 20.4. The largest absolute Gasteiger partial charge is 0.494 e. The van der Waals surface area contributed by atoms with Crippen molar-refractivity contribution in [2.45, 2.75) is 25.3 Å². The third kappa shape index (κ3) is 3.68. The highest BCUT2D eigenvalue weighted by Gasteiger charge is 2.25. The highest BCUT2D eigenvalue weighted by molar-refractivity contribution is 6.39. The van der Waals surface area contributed by atoms with Crippen LogP contribution in [0.4, 0.5) is 5.82 Å². The molecule has 2 aromatic heterocycles. The molecule has 1 aromatic carbocycles. The maximum Gasteiger partial charge on any atom is 0.164 e. The monoisotopic (exact) mass is 441 g/mol. The summed E-state index contributed by atoms with van der Waals surface area (Å²) >= 11 is 12.8. The van der Waals surface area contributed by atoms with Gasteiger partial charge in [-0.2, -0.15) is 5.10 Å². The molecule has 0 spiro atoms. The Hall–Kier alpha value is -2.83. The van der Waals surface area contributed by atoms with E-state index in [-0.39, 0.29) is 6.04 Å². The smallest absolute Gasteiger partial charge is 0.164 e. The highest BCUT2D eigenvalue weighted by Crippen LogP contribution is 2.43. The van der Waals surface area contributed by atoms with Gasteiger partial charge < -0.3 is 10.5 Å². The summed E-state index contributed by atoms with van der Waals surface area (Å²) < 4.78 is 7.29. The molecule has 1 aliphatic rings. The second-order valence-electron chi connectivity index (χ2n) is 7.07. The van der Waals surface area contributed by atoms with Gasteiger partial charge in [-0.1, -0.05) is 59.7 Å². The molecule has 0 fully saturated rings. The minimum absolute atomic E-state index is 0.0587. The third-order valence-electron chi connectivity index (χ3n) is 5.12. The van der Waals surface area contributed by atoms with Crippen LogP contribution in [0, 0.1) is 0 Å². The van der Waals surface area contributed by atoms with Crippen LogP contribution >= 0.6 is 23.2 Å². The zero-order valence-electron chi connectivity index (χ0n) is 16.5. The number of methoxy groups -OCH3 is 1. The van der Waals surface area contributed by atoms with Gasteiger partial charge in [0.2, 0.25) is 0 Å². The Kier molecular flexibility index (Phi) is 5.79. The van der Waals surface area contributed by atoms with Crippen molar-refractivity contribution in [2.24, 2.45) is 0 Å². The van der Waals surface area contributed by atoms with Crippen molar-refractivity contribution in [1.82, 2.24) is 19.7 Å². The van der Waals surface area contributed by atoms with Crippen molar-refractivity contribution in [3.8, 4) is 17.0 Å². The van der Waals surface area contributed by atoms with E-state index in [0.29, 0.717) is 43.9 Å². The number of allylic oxidation sites excluding steroid dienone is 5. The van der Waals surface area contributed by atoms with E-state index in [2.05, 4.69) is 22.6 Å². The Bertz CT molecular complexity index is 1180. The molecule has 1 aliphatic carbocycles. The molecular formula is C22H21Cl2N5O. The molecule has 2 heterocycles. The van der Waals surface area contributed by atoms with Gasteiger partial charge in [-0.25, -0.2) is 14.6 Å². The molecule has 0 aliphatic heterocycles. The van der Waals surface area contributed by atoms with Gasteiger partial charge in [0.1, 0.15) is 17.8 Å². The number of nitrogen functional groups attached to an aromatic ring is 1. The zero-order chi connectivity index (χ0) is 21.3. The Balaban J connectivity index is 1.92. The summed E-state index contributed by atoms with van der Waals surface area (Å²) in [4.78, 5) is 8.68. The van der Waals surface area contributed by atoms with Crippen molar-refractivity contribution < 1.29 is 4.74 Å². The maximum atomic E-state index is 6.62. The number of hydrogen-bond donors (Lipinski definition) is 1. The molecule has 4 rings (SSSR count). The predicted molar refractivity (Wildman–Crippen MR) is 122 cm³/mol. The number of benzene rings is 1. The van der Waals surface area contributed by atoms with E-state index in [9.17, 15) is 0 Å². The molecule has 0 amide bonds. The summed E-state index contributed by atoms with van der Waals surface area (Å²) in [7, 11) is 1.52. The molecule has 8 heteroatoms. The standard InChI is InChI=1S/C22H21Cl2N5O/c1-13-7-5-3-4-6-8-14(11-13)29-22-17(21(25)26-12-27-22)19(28-29)15-9-10-16(23)20(30-2)18(15)24/h3-5,7,9-10,12,14H,1,6,8,11H2,2H3,(H2,25,26,27)/b4-3-,7-5-. The lowest BCUT2D eigenvalue weighted by Crippen LogP contribution is -2.12. The summed E-state index contributed by atoms with van der Waals surface area (Å²) in [5.74, 6) is 0.730. The Morgan fingerprint density at radius 1 is 1.23 bits per heavy atom. The van der Waals surface area contributed by atoms with Gasteiger partial charge in [0, 0.05) is 5.56 Å². The Labute approximate surface area is 184 Å². The van der Waals surface area contributed by atoms with E-state index in [1.54, 1.807) is 12.1 Å². The fourth-order valence-electron chi connectivity index (χ4n) is 3.68. The number of nitrogens with two attached hydrogens (primary N) is 1. The number of ether oxygens (including phenoxy) is 1. The maximum absolute atomic E-state index is 6.62. The van der Waals surface area contributed by atoms with Gasteiger partial charge in [-0.05, 0) is 31.4 Å². The minimum Gasteiger partial charge on any atom is -0.494 e. The molecule has 1 atom stereocenters. The lowest BCUT2D eigenvalue weighted by atomic mass is 10.0. The van der Waals surface area contributed by atoms with Crippen molar-refractivity contribution in [3.05, 3.63) is 65.0 Å². The molecule has 6 nitrogen and oxygen atoms in total. The molecule has 0 radical (unpaired) electrons. The Morgan fingerprint density at radius 3 is 2.87 bits per heavy atom. The van der Waals surface area contributed by atoms with E-state index in [1.165, 1.54) is 13.4 Å². The topological polar surface area (TPSA) is 78.9 Å². The molecule has 1 unspecified atom stereocenters. The van der Waals surface area contributed by atoms with Crippen LogP contribution in [0.3, 0.4) is 0 Å². The van der Waals surface area contributed by atoms with E-state index in [4.69, 9.17) is 38.8 Å². The molecule has 2 N–H and O–H groups in total. The number of halogens is 2. The average Bonchev–Trinajstić information content (AvgIpc) is 3.14. The van der Waals surface area contributed by atoms with Crippen LogP contribution in [-0.2, 0) is 0 Å². The summed E-state index contributed by atoms with van der Waals surface area (Å²) in [6.45, 7) is 4.17. The lowest BCUT2D eigenvalue weighted by molar-refractivity contribution is 0.415. The fourth-order valence-corrected chi connectivity index (χ4v) is 4.29. The Morgan fingerprint density at radius 2 is 2.07 bits per heavy atom. The lowest BCUT2D eigenvalue weighted by Gasteiger charge is -2.17. The van der Waals surface area contributed by atoms with Crippen LogP contribution in [0.15, 0.2) is 54.9 Å². The molecule has 30 heavy (non-hydrogen) atoms. The first-order chi connectivity index (χ1) is 14.5. The first-order valence-corrected chi connectivity index (χ1v) is 10.3. The van der Waals surface area contributed by atoms with Crippen LogP contribution in [0.2, 0.25) is 10.0 Å². The van der Waals surface area contributed by atoms with Crippen LogP contribution in [0.5, 0.6) is 5.75 Å². The quantitative estimate of drug-likeness (QED) is 0.556. The van der Waals surface area contributed by atoms with Crippen LogP contribution < -0.4 is 10.5 Å². The first-order valence-electron chi connectivity index (χ1n) is 9.53. The van der Waals surface area contributed by atoms with E-state index in [0.717, 1.165) is 24.8 Å². The zero-order valence-corrected chi connectivity index (χ0v) is 18.0. The summed E-state index contributed by atoms with van der Waals surface area (Å²) in [6, 6.07) is 3.59. The SMILES string of the molecule is C=C1/C=C\C=C/CCC(n2nc(-c3ccc(Cl)c(OC)c3Cl)c3c(N)ncnc32)C1. The molecule has 0 saturated heterocycles. The molecular weight excluding hydrogens is 421 g/mol. The predicted octanol–water partition coefficient (Wildman–Crippen LogP) is 5.78. The van der Waals surface area contributed by atoms with Crippen molar-refractivity contribution >= 4 is 40.1 Å². The van der Waals surface area contributed by atoms with Gasteiger partial charge in [0.25, 0.3) is 0 Å². The van der Waals surface area contributed by atoms with E-state index in [1.807, 2.05) is 22.9 Å². The number of fused-ring (bicyclic) bond motifs is 1. The number of hydrogen-bond acceptors (Lipinski definition) is 5.